The van der Waals surface area contributed by atoms with E-state index in [9.17, 15) is 16.8 Å². The summed E-state index contributed by atoms with van der Waals surface area (Å²) in [6.07, 6.45) is 6.77. The van der Waals surface area contributed by atoms with Crippen molar-refractivity contribution in [1.82, 2.24) is 5.32 Å². The fourth-order valence-electron chi connectivity index (χ4n) is 2.80. The van der Waals surface area contributed by atoms with Gasteiger partial charge in [0.2, 0.25) is 0 Å². The molecular weight excluding hydrogens is 298 g/mol. The van der Waals surface area contributed by atoms with Gasteiger partial charge in [0.25, 0.3) is 0 Å². The van der Waals surface area contributed by atoms with Crippen LogP contribution in [0.4, 0.5) is 0 Å². The summed E-state index contributed by atoms with van der Waals surface area (Å²) in [6, 6.07) is -0.0372. The lowest BCUT2D eigenvalue weighted by Crippen LogP contribution is -2.43. The first kappa shape index (κ1) is 17.9. The first-order chi connectivity index (χ1) is 9.23. The van der Waals surface area contributed by atoms with Gasteiger partial charge >= 0.3 is 0 Å². The number of hydrogen-bond acceptors (Lipinski definition) is 5. The third kappa shape index (κ3) is 7.04. The maximum Gasteiger partial charge on any atom is 0.152 e. The molecule has 1 N–H and O–H groups in total. The van der Waals surface area contributed by atoms with Gasteiger partial charge in [-0.15, -0.1) is 0 Å². The van der Waals surface area contributed by atoms with Crippen molar-refractivity contribution in [2.75, 3.05) is 30.1 Å². The van der Waals surface area contributed by atoms with Gasteiger partial charge in [-0.2, -0.15) is 0 Å². The summed E-state index contributed by atoms with van der Waals surface area (Å²) in [6.45, 7) is 2.71. The van der Waals surface area contributed by atoms with E-state index in [0.29, 0.717) is 5.92 Å². The van der Waals surface area contributed by atoms with Gasteiger partial charge < -0.3 is 5.32 Å². The molecule has 7 heteroatoms. The fourth-order valence-corrected chi connectivity index (χ4v) is 6.13. The zero-order valence-corrected chi connectivity index (χ0v) is 14.1. The summed E-state index contributed by atoms with van der Waals surface area (Å²) in [5.74, 6) is -0.0861. The molecule has 1 aliphatic carbocycles. The highest BCUT2D eigenvalue weighted by molar-refractivity contribution is 7.94. The molecule has 1 fully saturated rings. The van der Waals surface area contributed by atoms with Crippen LogP contribution in [-0.2, 0) is 19.7 Å². The lowest BCUT2D eigenvalue weighted by Gasteiger charge is -2.30. The maximum atomic E-state index is 12.1. The Hall–Kier alpha value is -0.140. The minimum atomic E-state index is -3.33. The van der Waals surface area contributed by atoms with E-state index in [4.69, 9.17) is 0 Å². The molecule has 1 aliphatic rings. The van der Waals surface area contributed by atoms with Crippen molar-refractivity contribution in [1.29, 1.82) is 0 Å². The summed E-state index contributed by atoms with van der Waals surface area (Å²) in [5, 5.41) is 3.28. The average molecular weight is 325 g/mol. The van der Waals surface area contributed by atoms with Crippen LogP contribution in [0.1, 0.15) is 39.0 Å². The summed E-state index contributed by atoms with van der Waals surface area (Å²) in [7, 11) is -6.56. The van der Waals surface area contributed by atoms with Crippen LogP contribution in [0.5, 0.6) is 0 Å². The van der Waals surface area contributed by atoms with Crippen molar-refractivity contribution in [3.05, 3.63) is 0 Å². The first-order valence-electron chi connectivity index (χ1n) is 7.35. The molecule has 0 radical (unpaired) electrons. The largest absolute Gasteiger partial charge is 0.313 e. The number of hydrogen-bond donors (Lipinski definition) is 1. The first-order valence-corrected chi connectivity index (χ1v) is 11.2. The maximum absolute atomic E-state index is 12.1. The SMILES string of the molecule is CCNC(CS(=O)(=O)CCS(C)(=O)=O)C1CCCCC1. The van der Waals surface area contributed by atoms with Crippen molar-refractivity contribution < 1.29 is 16.8 Å². The quantitative estimate of drug-likeness (QED) is 0.720. The lowest BCUT2D eigenvalue weighted by atomic mass is 9.84. The third-order valence-electron chi connectivity index (χ3n) is 3.88. The highest BCUT2D eigenvalue weighted by Gasteiger charge is 2.28. The van der Waals surface area contributed by atoms with Crippen molar-refractivity contribution in [2.24, 2.45) is 5.92 Å². The summed E-state index contributed by atoms with van der Waals surface area (Å²) < 4.78 is 46.4. The van der Waals surface area contributed by atoms with Gasteiger partial charge in [0, 0.05) is 12.3 Å². The van der Waals surface area contributed by atoms with Crippen LogP contribution in [0.25, 0.3) is 0 Å². The molecule has 1 rings (SSSR count). The molecule has 0 aromatic rings. The van der Waals surface area contributed by atoms with Gasteiger partial charge in [-0.05, 0) is 25.3 Å². The monoisotopic (exact) mass is 325 g/mol. The molecule has 0 aromatic carbocycles. The number of sulfone groups is 2. The van der Waals surface area contributed by atoms with Crippen LogP contribution in [0.15, 0.2) is 0 Å². The van der Waals surface area contributed by atoms with E-state index in [1.165, 1.54) is 6.42 Å². The molecule has 1 atom stereocenters. The van der Waals surface area contributed by atoms with E-state index in [0.717, 1.165) is 38.5 Å². The Kier molecular flexibility index (Phi) is 6.94. The van der Waals surface area contributed by atoms with Gasteiger partial charge in [-0.1, -0.05) is 26.2 Å². The van der Waals surface area contributed by atoms with Gasteiger partial charge in [-0.25, -0.2) is 16.8 Å². The fraction of sp³-hybridized carbons (Fsp3) is 1.00. The highest BCUT2D eigenvalue weighted by atomic mass is 32.2. The van der Waals surface area contributed by atoms with Gasteiger partial charge in [0.05, 0.1) is 17.3 Å². The smallest absolute Gasteiger partial charge is 0.152 e. The van der Waals surface area contributed by atoms with Crippen molar-refractivity contribution in [3.8, 4) is 0 Å². The van der Waals surface area contributed by atoms with Crippen LogP contribution in [0.3, 0.4) is 0 Å². The Labute approximate surface area is 123 Å². The van der Waals surface area contributed by atoms with Crippen LogP contribution in [0.2, 0.25) is 0 Å². The average Bonchev–Trinajstić information content (AvgIpc) is 2.36. The van der Waals surface area contributed by atoms with E-state index in [1.807, 2.05) is 6.92 Å². The van der Waals surface area contributed by atoms with Crippen molar-refractivity contribution in [2.45, 2.75) is 45.1 Å². The topological polar surface area (TPSA) is 80.3 Å². The van der Waals surface area contributed by atoms with E-state index in [-0.39, 0.29) is 23.3 Å². The van der Waals surface area contributed by atoms with E-state index in [2.05, 4.69) is 5.32 Å². The van der Waals surface area contributed by atoms with Crippen molar-refractivity contribution in [3.63, 3.8) is 0 Å². The molecule has 0 spiro atoms. The summed E-state index contributed by atoms with van der Waals surface area (Å²) in [4.78, 5) is 0. The molecular formula is C13H27NO4S2. The van der Waals surface area contributed by atoms with Crippen LogP contribution >= 0.6 is 0 Å². The van der Waals surface area contributed by atoms with E-state index < -0.39 is 19.7 Å². The van der Waals surface area contributed by atoms with Crippen LogP contribution < -0.4 is 5.32 Å². The molecule has 0 aliphatic heterocycles. The highest BCUT2D eigenvalue weighted by Crippen LogP contribution is 2.27. The van der Waals surface area contributed by atoms with E-state index in [1.54, 1.807) is 0 Å². The normalized spacial score (nSPS) is 19.9. The van der Waals surface area contributed by atoms with Crippen molar-refractivity contribution >= 4 is 19.7 Å². The molecule has 0 heterocycles. The van der Waals surface area contributed by atoms with Crippen LogP contribution in [0, 0.1) is 5.92 Å². The Morgan fingerprint density at radius 3 is 2.15 bits per heavy atom. The molecule has 120 valence electrons. The zero-order chi connectivity index (χ0) is 15.2. The summed E-state index contributed by atoms with van der Waals surface area (Å²) in [5.41, 5.74) is 0. The molecule has 5 nitrogen and oxygen atoms in total. The minimum Gasteiger partial charge on any atom is -0.313 e. The second-order valence-electron chi connectivity index (χ2n) is 5.81. The Bertz CT molecular complexity index is 479. The van der Waals surface area contributed by atoms with Gasteiger partial charge in [0.1, 0.15) is 9.84 Å². The molecule has 0 bridgehead atoms. The van der Waals surface area contributed by atoms with Gasteiger partial charge in [-0.3, -0.25) is 0 Å². The standard InChI is InChI=1S/C13H27NO4S2/c1-3-14-13(12-7-5-4-6-8-12)11-20(17,18)10-9-19(2,15)16/h12-14H,3-11H2,1-2H3. The lowest BCUT2D eigenvalue weighted by molar-refractivity contribution is 0.285. The molecule has 0 amide bonds. The predicted molar refractivity (Wildman–Crippen MR) is 82.4 cm³/mol. The second-order valence-corrected chi connectivity index (χ2v) is 10.3. The number of rotatable bonds is 8. The molecule has 1 unspecified atom stereocenters. The van der Waals surface area contributed by atoms with Crippen LogP contribution in [-0.4, -0.2) is 52.9 Å². The van der Waals surface area contributed by atoms with Gasteiger partial charge in [0.15, 0.2) is 9.84 Å². The molecule has 0 saturated heterocycles. The third-order valence-corrected chi connectivity index (χ3v) is 6.78. The zero-order valence-electron chi connectivity index (χ0n) is 12.5. The molecule has 0 aromatic heterocycles. The molecule has 20 heavy (non-hydrogen) atoms. The van der Waals surface area contributed by atoms with E-state index >= 15 is 0 Å². The Morgan fingerprint density at radius 2 is 1.65 bits per heavy atom. The second kappa shape index (κ2) is 7.75. The predicted octanol–water partition coefficient (Wildman–Crippen LogP) is 1.00. The minimum absolute atomic E-state index is 0.0372. The summed E-state index contributed by atoms with van der Waals surface area (Å²) >= 11 is 0. The number of nitrogens with one attached hydrogen (secondary N) is 1. The Morgan fingerprint density at radius 1 is 1.05 bits per heavy atom. The Balaban J connectivity index is 2.63. The molecule has 1 saturated carbocycles.